The number of benzene rings is 1. The zero-order valence-corrected chi connectivity index (χ0v) is 11.6. The average Bonchev–Trinajstić information content (AvgIpc) is 2.87. The number of nitrogens with one attached hydrogen (secondary N) is 2. The van der Waals surface area contributed by atoms with Crippen LogP contribution in [0.25, 0.3) is 0 Å². The zero-order chi connectivity index (χ0) is 12.4. The second-order valence-electron chi connectivity index (χ2n) is 4.44. The Balaban J connectivity index is 0.00000133. The number of fused-ring (bicyclic) bond motifs is 1. The average molecular weight is 277 g/mol. The number of halogens is 1. The van der Waals surface area contributed by atoms with E-state index >= 15 is 0 Å². The van der Waals surface area contributed by atoms with E-state index in [0.717, 1.165) is 30.9 Å². The third kappa shape index (κ3) is 3.03. The van der Waals surface area contributed by atoms with Gasteiger partial charge in [-0.05, 0) is 24.1 Å². The summed E-state index contributed by atoms with van der Waals surface area (Å²) < 4.78 is 0. The van der Waals surface area contributed by atoms with Gasteiger partial charge in [-0.3, -0.25) is 0 Å². The molecule has 5 heteroatoms. The molecule has 19 heavy (non-hydrogen) atoms. The Morgan fingerprint density at radius 2 is 2.00 bits per heavy atom. The van der Waals surface area contributed by atoms with Crippen LogP contribution in [-0.2, 0) is 19.5 Å². The molecule has 0 radical (unpaired) electrons. The molecular weight excluding hydrogens is 260 g/mol. The van der Waals surface area contributed by atoms with Gasteiger partial charge < -0.3 is 10.6 Å². The van der Waals surface area contributed by atoms with Crippen LogP contribution >= 0.6 is 12.4 Å². The first kappa shape index (κ1) is 13.8. The first-order valence-corrected chi connectivity index (χ1v) is 6.26. The highest BCUT2D eigenvalue weighted by atomic mass is 35.5. The molecule has 1 aromatic carbocycles. The van der Waals surface area contributed by atoms with Crippen molar-refractivity contribution in [3.63, 3.8) is 0 Å². The summed E-state index contributed by atoms with van der Waals surface area (Å²) in [6.45, 7) is 3.86. The van der Waals surface area contributed by atoms with Gasteiger partial charge in [-0.25, -0.2) is 9.97 Å². The third-order valence-electron chi connectivity index (χ3n) is 3.18. The smallest absolute Gasteiger partial charge is 0.227 e. The van der Waals surface area contributed by atoms with Crippen molar-refractivity contribution in [2.45, 2.75) is 26.4 Å². The van der Waals surface area contributed by atoms with Gasteiger partial charge in [0.2, 0.25) is 5.95 Å². The minimum Gasteiger partial charge on any atom is -0.324 e. The first-order chi connectivity index (χ1) is 8.85. The molecule has 0 atom stereocenters. The summed E-state index contributed by atoms with van der Waals surface area (Å²) in [7, 11) is 0. The summed E-state index contributed by atoms with van der Waals surface area (Å²) in [6, 6.07) is 8.37. The molecule has 0 bridgehead atoms. The lowest BCUT2D eigenvalue weighted by Gasteiger charge is -2.06. The minimum absolute atomic E-state index is 0. The molecule has 0 unspecified atom stereocenters. The topological polar surface area (TPSA) is 49.8 Å². The van der Waals surface area contributed by atoms with E-state index < -0.39 is 0 Å². The van der Waals surface area contributed by atoms with Crippen LogP contribution in [0.1, 0.15) is 23.7 Å². The Labute approximate surface area is 119 Å². The zero-order valence-electron chi connectivity index (χ0n) is 10.8. The molecule has 100 valence electrons. The molecular formula is C14H17ClN4. The van der Waals surface area contributed by atoms with Gasteiger partial charge in [-0.1, -0.05) is 19.1 Å². The SMILES string of the molecule is CCc1ccc(Nc2ncc3c(n2)CNC3)cc1.Cl. The molecule has 0 fully saturated rings. The summed E-state index contributed by atoms with van der Waals surface area (Å²) in [5.41, 5.74) is 4.65. The molecule has 2 heterocycles. The second kappa shape index (κ2) is 5.99. The van der Waals surface area contributed by atoms with Gasteiger partial charge >= 0.3 is 0 Å². The normalized spacial score (nSPS) is 12.7. The summed E-state index contributed by atoms with van der Waals surface area (Å²) in [5.74, 6) is 0.668. The molecule has 0 spiro atoms. The van der Waals surface area contributed by atoms with Crippen LogP contribution in [0.15, 0.2) is 30.5 Å². The number of rotatable bonds is 3. The second-order valence-corrected chi connectivity index (χ2v) is 4.44. The monoisotopic (exact) mass is 276 g/mol. The van der Waals surface area contributed by atoms with E-state index in [2.05, 4.69) is 51.8 Å². The van der Waals surface area contributed by atoms with Crippen molar-refractivity contribution in [2.24, 2.45) is 0 Å². The molecule has 1 aromatic heterocycles. The Hall–Kier alpha value is -1.65. The lowest BCUT2D eigenvalue weighted by Crippen LogP contribution is -2.01. The quantitative estimate of drug-likeness (QED) is 0.905. The maximum atomic E-state index is 4.51. The van der Waals surface area contributed by atoms with Crippen LogP contribution in [0.2, 0.25) is 0 Å². The number of nitrogens with zero attached hydrogens (tertiary/aromatic N) is 2. The third-order valence-corrected chi connectivity index (χ3v) is 3.18. The number of hydrogen-bond acceptors (Lipinski definition) is 4. The summed E-state index contributed by atoms with van der Waals surface area (Å²) in [4.78, 5) is 8.83. The predicted octanol–water partition coefficient (Wildman–Crippen LogP) is 2.81. The lowest BCUT2D eigenvalue weighted by atomic mass is 10.1. The standard InChI is InChI=1S/C14H16N4.ClH/c1-2-10-3-5-12(6-4-10)17-14-16-8-11-7-15-9-13(11)18-14;/h3-6,8,15H,2,7,9H2,1H3,(H,16,17,18);1H. The van der Waals surface area contributed by atoms with E-state index in [-0.39, 0.29) is 12.4 Å². The van der Waals surface area contributed by atoms with Crippen molar-refractivity contribution in [3.8, 4) is 0 Å². The maximum Gasteiger partial charge on any atom is 0.227 e. The fourth-order valence-corrected chi connectivity index (χ4v) is 2.07. The fraction of sp³-hybridized carbons (Fsp3) is 0.286. The van der Waals surface area contributed by atoms with Crippen LogP contribution in [0.5, 0.6) is 0 Å². The van der Waals surface area contributed by atoms with Crippen molar-refractivity contribution in [1.82, 2.24) is 15.3 Å². The van der Waals surface area contributed by atoms with Crippen molar-refractivity contribution in [3.05, 3.63) is 47.3 Å². The molecule has 0 aliphatic carbocycles. The van der Waals surface area contributed by atoms with Crippen molar-refractivity contribution >= 4 is 24.0 Å². The lowest BCUT2D eigenvalue weighted by molar-refractivity contribution is 0.758. The van der Waals surface area contributed by atoms with Crippen LogP contribution in [0, 0.1) is 0 Å². The number of aryl methyl sites for hydroxylation is 1. The van der Waals surface area contributed by atoms with Crippen LogP contribution < -0.4 is 10.6 Å². The highest BCUT2D eigenvalue weighted by Crippen LogP contribution is 2.17. The largest absolute Gasteiger partial charge is 0.324 e. The fourth-order valence-electron chi connectivity index (χ4n) is 2.07. The van der Waals surface area contributed by atoms with Crippen molar-refractivity contribution in [1.29, 1.82) is 0 Å². The van der Waals surface area contributed by atoms with Crippen molar-refractivity contribution in [2.75, 3.05) is 5.32 Å². The van der Waals surface area contributed by atoms with E-state index in [1.807, 2.05) is 6.20 Å². The molecule has 2 aromatic rings. The van der Waals surface area contributed by atoms with Crippen LogP contribution in [0.4, 0.5) is 11.6 Å². The van der Waals surface area contributed by atoms with Gasteiger partial charge in [0.25, 0.3) is 0 Å². The Morgan fingerprint density at radius 3 is 2.74 bits per heavy atom. The molecule has 3 rings (SSSR count). The molecule has 0 amide bonds. The van der Waals surface area contributed by atoms with Gasteiger partial charge in [-0.15, -0.1) is 12.4 Å². The highest BCUT2D eigenvalue weighted by Gasteiger charge is 2.12. The summed E-state index contributed by atoms with van der Waals surface area (Å²) >= 11 is 0. The van der Waals surface area contributed by atoms with Gasteiger partial charge in [0, 0.05) is 30.5 Å². The van der Waals surface area contributed by atoms with Gasteiger partial charge in [0.05, 0.1) is 5.69 Å². The van der Waals surface area contributed by atoms with Crippen molar-refractivity contribution < 1.29 is 0 Å². The minimum atomic E-state index is 0. The molecule has 0 saturated carbocycles. The van der Waals surface area contributed by atoms with Gasteiger partial charge in [-0.2, -0.15) is 0 Å². The highest BCUT2D eigenvalue weighted by molar-refractivity contribution is 5.85. The number of hydrogen-bond donors (Lipinski definition) is 2. The van der Waals surface area contributed by atoms with E-state index in [1.54, 1.807) is 0 Å². The van der Waals surface area contributed by atoms with E-state index in [0.29, 0.717) is 5.95 Å². The Kier molecular flexibility index (Phi) is 4.35. The van der Waals surface area contributed by atoms with E-state index in [1.165, 1.54) is 11.1 Å². The molecule has 2 N–H and O–H groups in total. The summed E-state index contributed by atoms with van der Waals surface area (Å²) in [5, 5.41) is 6.50. The van der Waals surface area contributed by atoms with Gasteiger partial charge in [0.1, 0.15) is 0 Å². The Bertz CT molecular complexity index is 554. The predicted molar refractivity (Wildman–Crippen MR) is 78.9 cm³/mol. The number of aromatic nitrogens is 2. The van der Waals surface area contributed by atoms with Crippen LogP contribution in [-0.4, -0.2) is 9.97 Å². The molecule has 4 nitrogen and oxygen atoms in total. The molecule has 1 aliphatic rings. The van der Waals surface area contributed by atoms with E-state index in [9.17, 15) is 0 Å². The molecule has 1 aliphatic heterocycles. The number of anilines is 2. The first-order valence-electron chi connectivity index (χ1n) is 6.26. The van der Waals surface area contributed by atoms with Crippen LogP contribution in [0.3, 0.4) is 0 Å². The Morgan fingerprint density at radius 1 is 1.21 bits per heavy atom. The summed E-state index contributed by atoms with van der Waals surface area (Å²) in [6.07, 6.45) is 2.95. The van der Waals surface area contributed by atoms with Gasteiger partial charge in [0.15, 0.2) is 0 Å². The maximum absolute atomic E-state index is 4.51. The molecule has 0 saturated heterocycles. The van der Waals surface area contributed by atoms with E-state index in [4.69, 9.17) is 0 Å².